The Balaban J connectivity index is 0.888. The van der Waals surface area contributed by atoms with Gasteiger partial charge in [0.2, 0.25) is 112 Å². The first-order chi connectivity index (χ1) is 72.1. The fraction of sp³-hybridized carbons (Fsp3) is 0.515. The number of nitrogens with zero attached hydrogens (tertiary/aromatic N) is 7. The highest BCUT2D eigenvalue weighted by Crippen LogP contribution is 2.29. The maximum Gasteiger partial charge on any atom is 0.327 e. The molecule has 0 unspecified atom stereocenters. The number of rotatable bonds is 22. The minimum absolute atomic E-state index is 0.0214. The number of benzene rings is 2. The van der Waals surface area contributed by atoms with E-state index in [-0.39, 0.29) is 170 Å². The molecule has 5 aliphatic heterocycles. The van der Waals surface area contributed by atoms with Crippen molar-refractivity contribution in [1.29, 1.82) is 0 Å². The van der Waals surface area contributed by atoms with Gasteiger partial charge in [0, 0.05) is 163 Å². The van der Waals surface area contributed by atoms with E-state index in [1.807, 2.05) is 0 Å². The number of carboxylic acid groups (broad SMARTS) is 1. The number of unbranched alkanes of at least 4 members (excludes halogenated alkanes) is 1. The summed E-state index contributed by atoms with van der Waals surface area (Å²) in [7, 11) is 0. The molecule has 150 heavy (non-hydrogen) atoms. The molecular weight excluding hydrogens is 2020 g/mol. The molecule has 5 aromatic heterocycles. The fourth-order valence-corrected chi connectivity index (χ4v) is 21.7. The van der Waals surface area contributed by atoms with Gasteiger partial charge in [-0.05, 0) is 129 Å². The quantitative estimate of drug-likeness (QED) is 0.0320. The van der Waals surface area contributed by atoms with Crippen molar-refractivity contribution < 1.29 is 106 Å². The van der Waals surface area contributed by atoms with Gasteiger partial charge in [-0.1, -0.05) is 62.7 Å². The van der Waals surface area contributed by atoms with Crippen LogP contribution in [0.15, 0.2) is 110 Å². The highest BCUT2D eigenvalue weighted by molar-refractivity contribution is 7.99. The van der Waals surface area contributed by atoms with Gasteiger partial charge in [0.25, 0.3) is 0 Å². The van der Waals surface area contributed by atoms with Crippen LogP contribution >= 0.6 is 47.0 Å². The standard InChI is InChI=1S/C99H131N25O22S4/c1-5-55(2)84-96(142)115-69(40-59-46-106-85-63(59)20-14-32-103-85)90(136)118-76(99(145)146)51-150-38-29-83(131)122-53-120-52-121(54-122)82(130)28-37-149-50-75(108-56(3)126)98(144)124-34-15-24-77(124)94(140)114-70(42-60-17-11-13-31-102-60)86(132)107-47-80(128)109-74(49-148-36-27-81(120)129)93(139)111-67(26-35-147-4)88(134)110-66(23-10-12-30-100)87(133)113-71(43-79(101)127)91(137)112-68(39-57-44-104-64-21-8-6-18-61(57)64)89(135)117-73(48-125)92(138)116-72(41-58-45-105-65-22-9-7-19-62(58)65)97(143)123-33-16-25-78(123)95(141)119-84/h6-9,11,13-14,17-22,31-32,44-46,55,66-78,84,104-105,125H,5,10,12,15-16,23-30,33-43,47-54,100H2,1-4H3,(H2,101,127)(H,103,106)(H,107,132)(H,108,126)(H,109,128)(H,110,134)(H,111,139)(H,112,137)(H,113,133)(H,114,140)(H,115,142)(H,116,138)(H,117,135)(H,118,136)(H,119,141)(H,145,146)/t55-,66-,67-,68-,69-,70-,71-,72-,73-,74-,75+,76-,77-,78-,84-/m0/s1. The number of para-hydroxylation sites is 2. The van der Waals surface area contributed by atoms with E-state index in [2.05, 4.69) is 94.0 Å². The number of nitrogens with one attached hydrogen (secondary N) is 16. The van der Waals surface area contributed by atoms with Crippen LogP contribution in [-0.4, -0.2) is 362 Å². The number of thioether (sulfide) groups is 4. The SMILES string of the molecule is CC[C@H](C)[C@@H]1NC(=O)[C@@H]2CCCN2C(=O)[C@H](Cc2c[nH]c3ccccc23)NC(=O)[C@H](CO)NC(=O)[C@H](Cc2c[nH]c3ccccc23)NC(=O)[C@H](CC(N)=O)NC(=O)[C@H](CCCCN)NC(=O)[C@H](CCSC)NC(=O)[C@@H]2CSCCC(=O)N3CN(CN(C3)C(=O)CCSC[C@@H](NC(C)=O)C(=O)N3CCC[C@H]3C(=O)N[C@@H](Cc3ccccn3)C(=O)NCC(=O)N2)C(=O)CCSC[C@@H](C(=O)O)NC(=O)[C@H](Cc2c[nH]c3ncccc23)NC1=O. The van der Waals surface area contributed by atoms with Crippen molar-refractivity contribution in [3.8, 4) is 0 Å². The number of aliphatic hydroxyl groups excluding tert-OH is 1. The normalized spacial score (nSPS) is 24.9. The van der Waals surface area contributed by atoms with Gasteiger partial charge in [-0.3, -0.25) is 96.1 Å². The average molecular weight is 2150 g/mol. The van der Waals surface area contributed by atoms with E-state index in [1.54, 1.807) is 118 Å². The summed E-state index contributed by atoms with van der Waals surface area (Å²) < 4.78 is 0. The Morgan fingerprint density at radius 2 is 0.980 bits per heavy atom. The van der Waals surface area contributed by atoms with Crippen LogP contribution in [-0.2, 0) is 122 Å². The van der Waals surface area contributed by atoms with Crippen molar-refractivity contribution in [3.05, 3.63) is 132 Å². The zero-order valence-electron chi connectivity index (χ0n) is 83.7. The van der Waals surface area contributed by atoms with E-state index in [0.717, 1.165) is 35.3 Å². The zero-order chi connectivity index (χ0) is 108. The minimum Gasteiger partial charge on any atom is -0.480 e. The number of hydrogen-bond donors (Lipinski definition) is 20. The van der Waals surface area contributed by atoms with Gasteiger partial charge in [0.15, 0.2) is 0 Å². The highest BCUT2D eigenvalue weighted by Gasteiger charge is 2.45. The first kappa shape index (κ1) is 115. The Kier molecular flexibility index (Phi) is 42.9. The number of aliphatic carboxylic acids is 1. The maximum atomic E-state index is 15.7. The summed E-state index contributed by atoms with van der Waals surface area (Å²) >= 11 is 4.28. The van der Waals surface area contributed by atoms with Crippen LogP contribution in [0.4, 0.5) is 0 Å². The van der Waals surface area contributed by atoms with Gasteiger partial charge in [-0.2, -0.15) is 47.0 Å². The molecule has 5 aliphatic rings. The van der Waals surface area contributed by atoms with E-state index < -0.39 is 235 Å². The highest BCUT2D eigenvalue weighted by atomic mass is 32.2. The second kappa shape index (κ2) is 56.1. The topological polar surface area (TPSA) is 680 Å². The zero-order valence-corrected chi connectivity index (χ0v) is 86.9. The second-order valence-electron chi connectivity index (χ2n) is 37.4. The third kappa shape index (κ3) is 31.8. The molecule has 0 aliphatic carbocycles. The predicted octanol–water partition coefficient (Wildman–Crippen LogP) is -2.22. The van der Waals surface area contributed by atoms with Crippen LogP contribution in [0.3, 0.4) is 0 Å². The molecule has 19 amide bonds. The summed E-state index contributed by atoms with van der Waals surface area (Å²) in [6.07, 6.45) is 7.39. The van der Waals surface area contributed by atoms with Crippen LogP contribution in [0.2, 0.25) is 0 Å². The summed E-state index contributed by atoms with van der Waals surface area (Å²) in [6.45, 7) is 1.57. The molecule has 22 N–H and O–H groups in total. The van der Waals surface area contributed by atoms with Crippen molar-refractivity contribution >= 4 is 198 Å². The molecule has 4 bridgehead atoms. The van der Waals surface area contributed by atoms with Crippen LogP contribution < -0.4 is 80.6 Å². The fourth-order valence-electron chi connectivity index (χ4n) is 18.4. The summed E-state index contributed by atoms with van der Waals surface area (Å²) in [5, 5.41) is 58.3. The largest absolute Gasteiger partial charge is 0.480 e. The minimum atomic E-state index is -1.95. The number of amides is 19. The van der Waals surface area contributed by atoms with Crippen molar-refractivity contribution in [2.75, 3.05) is 99.3 Å². The van der Waals surface area contributed by atoms with Gasteiger partial charge >= 0.3 is 5.97 Å². The summed E-state index contributed by atoms with van der Waals surface area (Å²) in [5.74, 6) is -20.0. The van der Waals surface area contributed by atoms with Gasteiger partial charge in [0.1, 0.15) is 90.2 Å². The number of carbonyl (C=O) groups is 20. The third-order valence-corrected chi connectivity index (χ3v) is 30.5. The number of carboxylic acids is 1. The third-order valence-electron chi connectivity index (χ3n) is 26.6. The lowest BCUT2D eigenvalue weighted by atomic mass is 9.96. The van der Waals surface area contributed by atoms with Crippen molar-refractivity contribution in [3.63, 3.8) is 0 Å². The molecule has 808 valence electrons. The maximum absolute atomic E-state index is 15.7. The number of fused-ring (bicyclic) bond motifs is 12. The monoisotopic (exact) mass is 2150 g/mol. The molecule has 5 saturated heterocycles. The van der Waals surface area contributed by atoms with Gasteiger partial charge < -0.3 is 130 Å². The van der Waals surface area contributed by atoms with E-state index in [9.17, 15) is 58.2 Å². The molecular formula is C99H131N25O22S4. The number of H-pyrrole nitrogens is 3. The molecule has 5 fully saturated rings. The smallest absolute Gasteiger partial charge is 0.327 e. The Morgan fingerprint density at radius 1 is 0.500 bits per heavy atom. The second-order valence-corrected chi connectivity index (χ2v) is 41.9. The number of aromatic nitrogens is 5. The summed E-state index contributed by atoms with van der Waals surface area (Å²) in [4.78, 5) is 318. The molecule has 7 aromatic rings. The van der Waals surface area contributed by atoms with E-state index in [0.29, 0.717) is 61.6 Å². The van der Waals surface area contributed by atoms with E-state index in [1.165, 1.54) is 55.6 Å². The van der Waals surface area contributed by atoms with Gasteiger partial charge in [0.05, 0.1) is 39.6 Å². The molecule has 0 saturated carbocycles. The summed E-state index contributed by atoms with van der Waals surface area (Å²) in [5.41, 5.74) is 15.1. The molecule has 51 heteroatoms. The van der Waals surface area contributed by atoms with Crippen LogP contribution in [0.25, 0.3) is 32.8 Å². The average Bonchev–Trinajstić information content (AvgIpc) is 1.64. The number of primary amides is 1. The molecule has 0 spiro atoms. The Hall–Kier alpha value is -13.9. The number of aliphatic hydroxyl groups is 1. The predicted molar refractivity (Wildman–Crippen MR) is 558 cm³/mol. The number of aromatic amines is 3. The molecule has 10 heterocycles. The van der Waals surface area contributed by atoms with E-state index in [4.69, 9.17) is 11.5 Å². The lowest BCUT2D eigenvalue weighted by Gasteiger charge is -2.42. The van der Waals surface area contributed by atoms with Crippen molar-refractivity contribution in [1.82, 2.24) is 119 Å². The molecule has 15 atom stereocenters. The lowest BCUT2D eigenvalue weighted by Crippen LogP contribution is -2.62. The van der Waals surface area contributed by atoms with Crippen LogP contribution in [0.1, 0.15) is 127 Å². The molecule has 2 aromatic carbocycles. The Labute approximate surface area is 881 Å². The number of pyridine rings is 2. The summed E-state index contributed by atoms with van der Waals surface area (Å²) in [6, 6.07) is 0.182. The molecule has 0 radical (unpaired) electrons. The Morgan fingerprint density at radius 3 is 1.56 bits per heavy atom. The van der Waals surface area contributed by atoms with Crippen LogP contribution in [0.5, 0.6) is 0 Å². The molecule has 47 nitrogen and oxygen atoms in total. The number of nitrogens with two attached hydrogens (primary N) is 2. The number of carbonyl (C=O) groups excluding carboxylic acids is 19. The first-order valence-electron chi connectivity index (χ1n) is 49.9. The van der Waals surface area contributed by atoms with Gasteiger partial charge in [-0.25, -0.2) is 9.78 Å². The van der Waals surface area contributed by atoms with Crippen molar-refractivity contribution in [2.24, 2.45) is 17.4 Å². The van der Waals surface area contributed by atoms with E-state index >= 15 is 47.9 Å². The van der Waals surface area contributed by atoms with Gasteiger partial charge in [-0.15, -0.1) is 0 Å². The van der Waals surface area contributed by atoms with Crippen molar-refractivity contribution in [2.45, 2.75) is 215 Å². The van der Waals surface area contributed by atoms with Crippen LogP contribution in [0, 0.1) is 5.92 Å². The Bertz CT molecular complexity index is 6030. The lowest BCUT2D eigenvalue weighted by molar-refractivity contribution is -0.158. The molecule has 12 rings (SSSR count). The number of hydrogen-bond acceptors (Lipinski definition) is 28. The first-order valence-corrected chi connectivity index (χ1v) is 54.7.